The van der Waals surface area contributed by atoms with Crippen LogP contribution in [0, 0.1) is 11.8 Å². The van der Waals surface area contributed by atoms with Crippen LogP contribution in [0.15, 0.2) is 24.3 Å². The van der Waals surface area contributed by atoms with Crippen LogP contribution in [0.4, 0.5) is 0 Å². The number of sulfonamides is 1. The van der Waals surface area contributed by atoms with Crippen LogP contribution in [0.1, 0.15) is 36.0 Å². The van der Waals surface area contributed by atoms with Crippen LogP contribution in [0.25, 0.3) is 0 Å². The van der Waals surface area contributed by atoms with Crippen LogP contribution in [0.3, 0.4) is 0 Å². The van der Waals surface area contributed by atoms with Crippen molar-refractivity contribution >= 4 is 15.9 Å². The maximum Gasteiger partial charge on any atom is 0.264 e. The lowest BCUT2D eigenvalue weighted by Gasteiger charge is -2.21. The molecule has 0 saturated heterocycles. The fourth-order valence-electron chi connectivity index (χ4n) is 3.59. The molecule has 1 unspecified atom stereocenters. The minimum atomic E-state index is -3.60. The molecule has 0 aromatic heterocycles. The van der Waals surface area contributed by atoms with Crippen molar-refractivity contribution in [1.29, 1.82) is 0 Å². The molecule has 6 heteroatoms. The maximum atomic E-state index is 12.4. The van der Waals surface area contributed by atoms with Crippen LogP contribution in [0.5, 0.6) is 5.75 Å². The first-order valence-corrected chi connectivity index (χ1v) is 8.74. The lowest BCUT2D eigenvalue weighted by molar-refractivity contribution is 0.0980. The Bertz CT molecular complexity index is 655. The second-order valence-electron chi connectivity index (χ2n) is 5.92. The van der Waals surface area contributed by atoms with E-state index in [4.69, 9.17) is 4.74 Å². The molecule has 0 heterocycles. The smallest absolute Gasteiger partial charge is 0.264 e. The normalized spacial score (nSPS) is 27.6. The van der Waals surface area contributed by atoms with Gasteiger partial charge in [0, 0.05) is 5.56 Å². The van der Waals surface area contributed by atoms with Crippen LogP contribution < -0.4 is 9.46 Å². The number of rotatable bonds is 4. The molecule has 1 amide bonds. The fourth-order valence-corrected chi connectivity index (χ4v) is 5.40. The van der Waals surface area contributed by atoms with Crippen molar-refractivity contribution in [2.45, 2.75) is 30.9 Å². The van der Waals surface area contributed by atoms with Crippen LogP contribution in [-0.4, -0.2) is 26.7 Å². The monoisotopic (exact) mass is 309 g/mol. The van der Waals surface area contributed by atoms with Crippen molar-refractivity contribution in [1.82, 2.24) is 4.72 Å². The van der Waals surface area contributed by atoms with Gasteiger partial charge in [0.15, 0.2) is 0 Å². The highest BCUT2D eigenvalue weighted by atomic mass is 32.2. The molecule has 0 spiro atoms. The summed E-state index contributed by atoms with van der Waals surface area (Å²) in [5, 5.41) is -0.411. The van der Waals surface area contributed by atoms with Gasteiger partial charge in [-0.3, -0.25) is 4.79 Å². The van der Waals surface area contributed by atoms with E-state index in [2.05, 4.69) is 4.72 Å². The highest BCUT2D eigenvalue weighted by molar-refractivity contribution is 7.90. The average Bonchev–Trinajstić information content (AvgIpc) is 3.10. The highest BCUT2D eigenvalue weighted by Gasteiger charge is 2.46. The van der Waals surface area contributed by atoms with E-state index in [-0.39, 0.29) is 5.92 Å². The number of ether oxygens (including phenoxy) is 1. The summed E-state index contributed by atoms with van der Waals surface area (Å²) in [6, 6.07) is 6.49. The van der Waals surface area contributed by atoms with Gasteiger partial charge in [0.25, 0.3) is 5.91 Å². The molecule has 2 aliphatic rings. The number of methoxy groups -OCH3 is 1. The van der Waals surface area contributed by atoms with Gasteiger partial charge < -0.3 is 4.74 Å². The minimum Gasteiger partial charge on any atom is -0.497 e. The topological polar surface area (TPSA) is 72.5 Å². The maximum absolute atomic E-state index is 12.4. The van der Waals surface area contributed by atoms with Crippen molar-refractivity contribution in [2.24, 2.45) is 11.8 Å². The largest absolute Gasteiger partial charge is 0.497 e. The molecule has 0 aliphatic heterocycles. The lowest BCUT2D eigenvalue weighted by atomic mass is 10.0. The van der Waals surface area contributed by atoms with Gasteiger partial charge in [-0.05, 0) is 49.3 Å². The first-order chi connectivity index (χ1) is 9.99. The molecule has 0 radical (unpaired) electrons. The Morgan fingerprint density at radius 1 is 1.29 bits per heavy atom. The SMILES string of the molecule is COc1cccc(C(=O)NS(=O)(=O)C2C[C@@H]3CC[C@H]2C3)c1. The number of amides is 1. The van der Waals surface area contributed by atoms with Crippen molar-refractivity contribution in [3.8, 4) is 5.75 Å². The Morgan fingerprint density at radius 3 is 2.71 bits per heavy atom. The predicted molar refractivity (Wildman–Crippen MR) is 78.6 cm³/mol. The average molecular weight is 309 g/mol. The quantitative estimate of drug-likeness (QED) is 0.922. The zero-order chi connectivity index (χ0) is 15.0. The molecule has 5 nitrogen and oxygen atoms in total. The second-order valence-corrected chi connectivity index (χ2v) is 7.82. The van der Waals surface area contributed by atoms with Crippen LogP contribution >= 0.6 is 0 Å². The summed E-state index contributed by atoms with van der Waals surface area (Å²) in [5.41, 5.74) is 0.293. The van der Waals surface area contributed by atoms with Crippen molar-refractivity contribution in [3.63, 3.8) is 0 Å². The molecular formula is C15H19NO4S. The van der Waals surface area contributed by atoms with E-state index < -0.39 is 21.2 Å². The van der Waals surface area contributed by atoms with Gasteiger partial charge in [-0.1, -0.05) is 12.5 Å². The Morgan fingerprint density at radius 2 is 2.10 bits per heavy atom. The lowest BCUT2D eigenvalue weighted by Crippen LogP contribution is -2.40. The number of nitrogens with one attached hydrogen (secondary N) is 1. The van der Waals surface area contributed by atoms with E-state index in [0.717, 1.165) is 19.3 Å². The van der Waals surface area contributed by atoms with Gasteiger partial charge in [0.1, 0.15) is 5.75 Å². The Kier molecular flexibility index (Phi) is 3.65. The predicted octanol–water partition coefficient (Wildman–Crippen LogP) is 1.94. The van der Waals surface area contributed by atoms with Gasteiger partial charge in [0.2, 0.25) is 10.0 Å². The molecule has 1 aromatic carbocycles. The first-order valence-electron chi connectivity index (χ1n) is 7.19. The molecule has 114 valence electrons. The van der Waals surface area contributed by atoms with E-state index >= 15 is 0 Å². The highest BCUT2D eigenvalue weighted by Crippen LogP contribution is 2.47. The number of hydrogen-bond acceptors (Lipinski definition) is 4. The first kappa shape index (κ1) is 14.4. The van der Waals surface area contributed by atoms with Crippen LogP contribution in [-0.2, 0) is 10.0 Å². The molecule has 1 aromatic rings. The molecule has 2 aliphatic carbocycles. The molecule has 2 saturated carbocycles. The molecule has 3 rings (SSSR count). The molecule has 3 atom stereocenters. The number of carbonyl (C=O) groups is 1. The third-order valence-corrected chi connectivity index (χ3v) is 6.48. The summed E-state index contributed by atoms with van der Waals surface area (Å²) in [7, 11) is -2.10. The van der Waals surface area contributed by atoms with E-state index in [1.165, 1.54) is 13.2 Å². The van der Waals surface area contributed by atoms with Gasteiger partial charge in [-0.15, -0.1) is 0 Å². The molecular weight excluding hydrogens is 290 g/mol. The standard InChI is InChI=1S/C15H19NO4S/c1-20-13-4-2-3-12(9-13)15(17)16-21(18,19)14-8-10-5-6-11(14)7-10/h2-4,9-11,14H,5-8H2,1H3,(H,16,17)/t10-,11+,14?/m1/s1. The molecule has 1 N–H and O–H groups in total. The Labute approximate surface area is 124 Å². The van der Waals surface area contributed by atoms with Crippen molar-refractivity contribution in [2.75, 3.05) is 7.11 Å². The second kappa shape index (κ2) is 5.33. The number of carbonyl (C=O) groups excluding carboxylic acids is 1. The van der Waals surface area contributed by atoms with E-state index in [0.29, 0.717) is 23.7 Å². The van der Waals surface area contributed by atoms with Crippen LogP contribution in [0.2, 0.25) is 0 Å². The van der Waals surface area contributed by atoms with Gasteiger partial charge in [0.05, 0.1) is 12.4 Å². The van der Waals surface area contributed by atoms with Crippen molar-refractivity contribution < 1.29 is 17.9 Å². The molecule has 2 fully saturated rings. The van der Waals surface area contributed by atoms with E-state index in [9.17, 15) is 13.2 Å². The zero-order valence-corrected chi connectivity index (χ0v) is 12.7. The minimum absolute atomic E-state index is 0.214. The number of benzene rings is 1. The van der Waals surface area contributed by atoms with Gasteiger partial charge in [-0.25, -0.2) is 13.1 Å². The molecule has 2 bridgehead atoms. The Hall–Kier alpha value is -1.56. The third kappa shape index (κ3) is 2.77. The summed E-state index contributed by atoms with van der Waals surface area (Å²) in [6.45, 7) is 0. The van der Waals surface area contributed by atoms with Gasteiger partial charge >= 0.3 is 0 Å². The molecule has 21 heavy (non-hydrogen) atoms. The summed E-state index contributed by atoms with van der Waals surface area (Å²) in [6.07, 6.45) is 3.76. The van der Waals surface area contributed by atoms with E-state index in [1.54, 1.807) is 18.2 Å². The van der Waals surface area contributed by atoms with Gasteiger partial charge in [-0.2, -0.15) is 0 Å². The number of fused-ring (bicyclic) bond motifs is 2. The summed E-state index contributed by atoms with van der Waals surface area (Å²) >= 11 is 0. The third-order valence-electron chi connectivity index (χ3n) is 4.64. The zero-order valence-electron chi connectivity index (χ0n) is 11.9. The van der Waals surface area contributed by atoms with E-state index in [1.807, 2.05) is 0 Å². The fraction of sp³-hybridized carbons (Fsp3) is 0.533. The summed E-state index contributed by atoms with van der Waals surface area (Å²) in [5.74, 6) is 0.672. The Balaban J connectivity index is 1.74. The summed E-state index contributed by atoms with van der Waals surface area (Å²) in [4.78, 5) is 12.1. The van der Waals surface area contributed by atoms with Crippen molar-refractivity contribution in [3.05, 3.63) is 29.8 Å². The summed E-state index contributed by atoms with van der Waals surface area (Å²) < 4.78 is 32.1. The number of hydrogen-bond donors (Lipinski definition) is 1.